The van der Waals surface area contributed by atoms with E-state index in [4.69, 9.17) is 5.73 Å². The second kappa shape index (κ2) is 3.12. The van der Waals surface area contributed by atoms with Crippen molar-refractivity contribution in [2.45, 2.75) is 13.5 Å². The molecule has 0 aliphatic carbocycles. The van der Waals surface area contributed by atoms with Gasteiger partial charge in [0.2, 0.25) is 0 Å². The highest BCUT2D eigenvalue weighted by Gasteiger charge is 1.96. The Labute approximate surface area is 68.6 Å². The van der Waals surface area contributed by atoms with Crippen molar-refractivity contribution in [2.24, 2.45) is 5.73 Å². The van der Waals surface area contributed by atoms with Crippen molar-refractivity contribution in [3.8, 4) is 0 Å². The molecular formula is C7H9BrN2. The van der Waals surface area contributed by atoms with Crippen LogP contribution in [0.1, 0.15) is 11.3 Å². The first kappa shape index (κ1) is 7.69. The zero-order valence-corrected chi connectivity index (χ0v) is 7.35. The van der Waals surface area contributed by atoms with Crippen molar-refractivity contribution in [2.75, 3.05) is 0 Å². The van der Waals surface area contributed by atoms with E-state index >= 15 is 0 Å². The molecule has 0 saturated heterocycles. The van der Waals surface area contributed by atoms with Gasteiger partial charge in [0.05, 0.1) is 0 Å². The average molecular weight is 201 g/mol. The third kappa shape index (κ3) is 1.55. The van der Waals surface area contributed by atoms with Crippen LogP contribution in [0.5, 0.6) is 0 Å². The Balaban J connectivity index is 3.09. The molecule has 0 radical (unpaired) electrons. The SMILES string of the molecule is Cc1cc(CN)c(Br)cn1. The van der Waals surface area contributed by atoms with Crippen LogP contribution in [0, 0.1) is 6.92 Å². The first-order valence-corrected chi connectivity index (χ1v) is 3.84. The Morgan fingerprint density at radius 3 is 2.90 bits per heavy atom. The van der Waals surface area contributed by atoms with Gasteiger partial charge in [-0.05, 0) is 34.5 Å². The van der Waals surface area contributed by atoms with E-state index in [1.165, 1.54) is 0 Å². The van der Waals surface area contributed by atoms with Crippen LogP contribution in [0.4, 0.5) is 0 Å². The molecular weight excluding hydrogens is 192 g/mol. The van der Waals surface area contributed by atoms with Gasteiger partial charge in [-0.1, -0.05) is 0 Å². The van der Waals surface area contributed by atoms with Gasteiger partial charge in [0.1, 0.15) is 0 Å². The van der Waals surface area contributed by atoms with Gasteiger partial charge in [0, 0.05) is 22.9 Å². The Hall–Kier alpha value is -0.410. The highest BCUT2D eigenvalue weighted by molar-refractivity contribution is 9.10. The molecule has 10 heavy (non-hydrogen) atoms. The number of nitrogens with two attached hydrogens (primary N) is 1. The van der Waals surface area contributed by atoms with E-state index in [1.807, 2.05) is 13.0 Å². The van der Waals surface area contributed by atoms with Crippen LogP contribution >= 0.6 is 15.9 Å². The van der Waals surface area contributed by atoms with Crippen LogP contribution in [0.15, 0.2) is 16.7 Å². The molecule has 0 saturated carbocycles. The van der Waals surface area contributed by atoms with E-state index in [0.29, 0.717) is 6.54 Å². The zero-order valence-electron chi connectivity index (χ0n) is 5.76. The van der Waals surface area contributed by atoms with Gasteiger partial charge in [0.25, 0.3) is 0 Å². The predicted octanol–water partition coefficient (Wildman–Crippen LogP) is 1.61. The molecule has 0 aliphatic heterocycles. The van der Waals surface area contributed by atoms with Gasteiger partial charge in [0.15, 0.2) is 0 Å². The molecule has 0 fully saturated rings. The van der Waals surface area contributed by atoms with Crippen LogP contribution in [-0.4, -0.2) is 4.98 Å². The third-order valence-corrected chi connectivity index (χ3v) is 2.01. The summed E-state index contributed by atoms with van der Waals surface area (Å²) in [6, 6.07) is 1.98. The lowest BCUT2D eigenvalue weighted by Crippen LogP contribution is -1.98. The van der Waals surface area contributed by atoms with Crippen LogP contribution < -0.4 is 5.73 Å². The fourth-order valence-electron chi connectivity index (χ4n) is 0.756. The first-order valence-electron chi connectivity index (χ1n) is 3.05. The molecule has 0 bridgehead atoms. The summed E-state index contributed by atoms with van der Waals surface area (Å²) in [5, 5.41) is 0. The molecule has 0 aromatic carbocycles. The predicted molar refractivity (Wildman–Crippen MR) is 44.6 cm³/mol. The van der Waals surface area contributed by atoms with Crippen molar-refractivity contribution in [3.63, 3.8) is 0 Å². The lowest BCUT2D eigenvalue weighted by Gasteiger charge is -1.99. The second-order valence-electron chi connectivity index (χ2n) is 2.12. The molecule has 3 heteroatoms. The molecule has 0 unspecified atom stereocenters. The van der Waals surface area contributed by atoms with E-state index in [1.54, 1.807) is 6.20 Å². The summed E-state index contributed by atoms with van der Waals surface area (Å²) in [6.45, 7) is 2.51. The Morgan fingerprint density at radius 1 is 1.70 bits per heavy atom. The Morgan fingerprint density at radius 2 is 2.40 bits per heavy atom. The standard InChI is InChI=1S/C7H9BrN2/c1-5-2-6(3-9)7(8)4-10-5/h2,4H,3,9H2,1H3. The summed E-state index contributed by atoms with van der Waals surface area (Å²) < 4.78 is 0.987. The van der Waals surface area contributed by atoms with Crippen molar-refractivity contribution < 1.29 is 0 Å². The third-order valence-electron chi connectivity index (χ3n) is 1.29. The summed E-state index contributed by atoms with van der Waals surface area (Å²) in [6.07, 6.45) is 1.78. The van der Waals surface area contributed by atoms with Crippen molar-refractivity contribution in [1.29, 1.82) is 0 Å². The van der Waals surface area contributed by atoms with Crippen molar-refractivity contribution in [3.05, 3.63) is 28.0 Å². The minimum atomic E-state index is 0.559. The molecule has 0 spiro atoms. The van der Waals surface area contributed by atoms with Crippen LogP contribution in [-0.2, 0) is 6.54 Å². The van der Waals surface area contributed by atoms with Gasteiger partial charge >= 0.3 is 0 Å². The van der Waals surface area contributed by atoms with E-state index < -0.39 is 0 Å². The van der Waals surface area contributed by atoms with E-state index in [2.05, 4.69) is 20.9 Å². The van der Waals surface area contributed by atoms with Crippen molar-refractivity contribution in [1.82, 2.24) is 4.98 Å². The number of aryl methyl sites for hydroxylation is 1. The van der Waals surface area contributed by atoms with Crippen LogP contribution in [0.3, 0.4) is 0 Å². The van der Waals surface area contributed by atoms with Gasteiger partial charge in [-0.15, -0.1) is 0 Å². The largest absolute Gasteiger partial charge is 0.326 e. The fourth-order valence-corrected chi connectivity index (χ4v) is 1.13. The molecule has 1 heterocycles. The summed E-state index contributed by atoms with van der Waals surface area (Å²) in [7, 11) is 0. The molecule has 54 valence electrons. The molecule has 1 aromatic rings. The Kier molecular flexibility index (Phi) is 2.40. The quantitative estimate of drug-likeness (QED) is 0.749. The van der Waals surface area contributed by atoms with E-state index in [0.717, 1.165) is 15.7 Å². The highest BCUT2D eigenvalue weighted by atomic mass is 79.9. The maximum atomic E-state index is 5.46. The van der Waals surface area contributed by atoms with E-state index in [9.17, 15) is 0 Å². The Bertz CT molecular complexity index is 235. The van der Waals surface area contributed by atoms with Gasteiger partial charge in [-0.25, -0.2) is 0 Å². The maximum absolute atomic E-state index is 5.46. The van der Waals surface area contributed by atoms with Gasteiger partial charge < -0.3 is 5.73 Å². The van der Waals surface area contributed by atoms with Crippen LogP contribution in [0.25, 0.3) is 0 Å². The number of hydrogen-bond acceptors (Lipinski definition) is 2. The van der Waals surface area contributed by atoms with Gasteiger partial charge in [-0.3, -0.25) is 4.98 Å². The maximum Gasteiger partial charge on any atom is 0.0416 e. The molecule has 2 N–H and O–H groups in total. The molecule has 0 amide bonds. The van der Waals surface area contributed by atoms with Crippen molar-refractivity contribution >= 4 is 15.9 Å². The molecule has 1 rings (SSSR count). The average Bonchev–Trinajstić information content (AvgIpc) is 1.94. The summed E-state index contributed by atoms with van der Waals surface area (Å²) in [4.78, 5) is 4.08. The summed E-state index contributed by atoms with van der Waals surface area (Å²) >= 11 is 3.35. The lowest BCUT2D eigenvalue weighted by atomic mass is 10.2. The fraction of sp³-hybridized carbons (Fsp3) is 0.286. The number of hydrogen-bond donors (Lipinski definition) is 1. The molecule has 1 aromatic heterocycles. The summed E-state index contributed by atoms with van der Waals surface area (Å²) in [5.74, 6) is 0. The molecule has 2 nitrogen and oxygen atoms in total. The van der Waals surface area contributed by atoms with Crippen LogP contribution in [0.2, 0.25) is 0 Å². The first-order chi connectivity index (χ1) is 4.74. The number of pyridine rings is 1. The normalized spacial score (nSPS) is 9.90. The zero-order chi connectivity index (χ0) is 7.56. The molecule has 0 aliphatic rings. The highest BCUT2D eigenvalue weighted by Crippen LogP contribution is 2.14. The second-order valence-corrected chi connectivity index (χ2v) is 2.98. The number of rotatable bonds is 1. The number of halogens is 1. The lowest BCUT2D eigenvalue weighted by molar-refractivity contribution is 1.03. The number of aromatic nitrogens is 1. The minimum Gasteiger partial charge on any atom is -0.326 e. The molecule has 0 atom stereocenters. The number of nitrogens with zero attached hydrogens (tertiary/aromatic N) is 1. The van der Waals surface area contributed by atoms with E-state index in [-0.39, 0.29) is 0 Å². The minimum absolute atomic E-state index is 0.559. The summed E-state index contributed by atoms with van der Waals surface area (Å²) in [5.41, 5.74) is 7.57. The smallest absolute Gasteiger partial charge is 0.0416 e. The van der Waals surface area contributed by atoms with Gasteiger partial charge in [-0.2, -0.15) is 0 Å². The topological polar surface area (TPSA) is 38.9 Å². The monoisotopic (exact) mass is 200 g/mol.